The Morgan fingerprint density at radius 1 is 1.28 bits per heavy atom. The topological polar surface area (TPSA) is 21.7 Å². The van der Waals surface area contributed by atoms with Crippen LogP contribution < -0.4 is 4.74 Å². The molecule has 0 N–H and O–H groups in total. The second kappa shape index (κ2) is 8.45. The van der Waals surface area contributed by atoms with Crippen molar-refractivity contribution in [2.24, 2.45) is 0 Å². The number of methoxy groups -OCH3 is 2. The van der Waals surface area contributed by atoms with E-state index in [-0.39, 0.29) is 11.6 Å². The van der Waals surface area contributed by atoms with Gasteiger partial charge in [0.1, 0.15) is 0 Å². The van der Waals surface area contributed by atoms with Crippen molar-refractivity contribution in [1.29, 1.82) is 0 Å². The molecule has 0 aromatic heterocycles. The third-order valence-corrected chi connectivity index (χ3v) is 3.02. The Labute approximate surface area is 116 Å². The van der Waals surface area contributed by atoms with Crippen LogP contribution in [-0.2, 0) is 11.3 Å². The largest absolute Gasteiger partial charge is 0.494 e. The van der Waals surface area contributed by atoms with E-state index in [0.717, 1.165) is 18.4 Å². The van der Waals surface area contributed by atoms with Crippen molar-refractivity contribution in [2.45, 2.75) is 6.54 Å². The summed E-state index contributed by atoms with van der Waals surface area (Å²) in [7, 11) is 3.14. The van der Waals surface area contributed by atoms with Gasteiger partial charge in [-0.3, -0.25) is 4.90 Å². The van der Waals surface area contributed by atoms with Crippen molar-refractivity contribution >= 4 is 15.9 Å². The number of ether oxygens (including phenoxy) is 2. The van der Waals surface area contributed by atoms with Crippen LogP contribution in [0, 0.1) is 5.82 Å². The average Bonchev–Trinajstić information content (AvgIpc) is 2.38. The number of alkyl halides is 1. The highest BCUT2D eigenvalue weighted by Gasteiger charge is 2.12. The van der Waals surface area contributed by atoms with Gasteiger partial charge in [-0.05, 0) is 6.07 Å². The van der Waals surface area contributed by atoms with Crippen LogP contribution in [0.25, 0.3) is 0 Å². The minimum atomic E-state index is -0.281. The van der Waals surface area contributed by atoms with E-state index >= 15 is 0 Å². The molecule has 0 saturated carbocycles. The summed E-state index contributed by atoms with van der Waals surface area (Å²) in [5.41, 5.74) is 0.645. The van der Waals surface area contributed by atoms with E-state index in [1.165, 1.54) is 7.11 Å². The fourth-order valence-electron chi connectivity index (χ4n) is 1.69. The fourth-order valence-corrected chi connectivity index (χ4v) is 2.19. The van der Waals surface area contributed by atoms with Crippen molar-refractivity contribution in [3.63, 3.8) is 0 Å². The zero-order chi connectivity index (χ0) is 13.4. The summed E-state index contributed by atoms with van der Waals surface area (Å²) in [6.07, 6.45) is 0. The number of benzene rings is 1. The molecule has 0 atom stereocenters. The van der Waals surface area contributed by atoms with Crippen molar-refractivity contribution in [1.82, 2.24) is 4.90 Å². The van der Waals surface area contributed by atoms with Gasteiger partial charge in [0.2, 0.25) is 0 Å². The Hall–Kier alpha value is -0.650. The first-order valence-electron chi connectivity index (χ1n) is 5.81. The summed E-state index contributed by atoms with van der Waals surface area (Å²) >= 11 is 3.40. The molecule has 0 spiro atoms. The Kier molecular flexibility index (Phi) is 7.23. The molecule has 5 heteroatoms. The predicted octanol–water partition coefficient (Wildman–Crippen LogP) is 2.68. The molecule has 0 aliphatic rings. The second-order valence-corrected chi connectivity index (χ2v) is 4.68. The Morgan fingerprint density at radius 2 is 2.06 bits per heavy atom. The molecule has 0 aliphatic carbocycles. The zero-order valence-corrected chi connectivity index (χ0v) is 12.4. The molecule has 3 nitrogen and oxygen atoms in total. The van der Waals surface area contributed by atoms with Crippen LogP contribution in [0.3, 0.4) is 0 Å². The number of halogens is 2. The average molecular weight is 320 g/mol. The third-order valence-electron chi connectivity index (χ3n) is 2.67. The number of rotatable bonds is 8. The maximum Gasteiger partial charge on any atom is 0.169 e. The third kappa shape index (κ3) is 4.55. The van der Waals surface area contributed by atoms with Crippen molar-refractivity contribution in [3.8, 4) is 5.75 Å². The van der Waals surface area contributed by atoms with E-state index in [1.807, 2.05) is 0 Å². The van der Waals surface area contributed by atoms with E-state index < -0.39 is 0 Å². The molecule has 1 aromatic carbocycles. The van der Waals surface area contributed by atoms with Gasteiger partial charge in [-0.2, -0.15) is 0 Å². The minimum absolute atomic E-state index is 0.281. The van der Waals surface area contributed by atoms with E-state index in [2.05, 4.69) is 20.8 Å². The molecule has 0 saturated heterocycles. The molecule has 1 aromatic rings. The molecule has 0 fully saturated rings. The van der Waals surface area contributed by atoms with Gasteiger partial charge in [-0.15, -0.1) is 0 Å². The van der Waals surface area contributed by atoms with Gasteiger partial charge in [-0.1, -0.05) is 28.1 Å². The maximum atomic E-state index is 14.0. The molecular weight excluding hydrogens is 301 g/mol. The van der Waals surface area contributed by atoms with Crippen molar-refractivity contribution in [2.75, 3.05) is 39.2 Å². The highest BCUT2D eigenvalue weighted by atomic mass is 79.9. The highest BCUT2D eigenvalue weighted by Crippen LogP contribution is 2.21. The summed E-state index contributed by atoms with van der Waals surface area (Å²) in [4.78, 5) is 2.14. The van der Waals surface area contributed by atoms with E-state index in [0.29, 0.717) is 18.7 Å². The number of nitrogens with zero attached hydrogens (tertiary/aromatic N) is 1. The van der Waals surface area contributed by atoms with Crippen LogP contribution in [0.2, 0.25) is 0 Å². The van der Waals surface area contributed by atoms with Crippen LogP contribution >= 0.6 is 15.9 Å². The van der Waals surface area contributed by atoms with E-state index in [1.54, 1.807) is 25.3 Å². The normalized spacial score (nSPS) is 10.9. The highest BCUT2D eigenvalue weighted by molar-refractivity contribution is 9.09. The molecule has 102 valence electrons. The van der Waals surface area contributed by atoms with E-state index in [4.69, 9.17) is 9.47 Å². The molecule has 0 unspecified atom stereocenters. The van der Waals surface area contributed by atoms with Gasteiger partial charge < -0.3 is 9.47 Å². The first-order valence-corrected chi connectivity index (χ1v) is 6.93. The Balaban J connectivity index is 2.73. The van der Waals surface area contributed by atoms with Crippen LogP contribution in [0.15, 0.2) is 18.2 Å². The fraction of sp³-hybridized carbons (Fsp3) is 0.538. The summed E-state index contributed by atoms with van der Waals surface area (Å²) in [5, 5.41) is 0.850. The monoisotopic (exact) mass is 319 g/mol. The summed E-state index contributed by atoms with van der Waals surface area (Å²) in [6, 6.07) is 5.22. The first-order chi connectivity index (χ1) is 8.72. The first kappa shape index (κ1) is 15.4. The van der Waals surface area contributed by atoms with Gasteiger partial charge in [-0.25, -0.2) is 4.39 Å². The quantitative estimate of drug-likeness (QED) is 0.688. The molecule has 18 heavy (non-hydrogen) atoms. The van der Waals surface area contributed by atoms with Gasteiger partial charge in [0, 0.05) is 37.6 Å². The summed E-state index contributed by atoms with van der Waals surface area (Å²) in [5.74, 6) is 0.00928. The van der Waals surface area contributed by atoms with Crippen LogP contribution in [-0.4, -0.2) is 44.1 Å². The lowest BCUT2D eigenvalue weighted by Gasteiger charge is -2.21. The molecule has 0 bridgehead atoms. The summed E-state index contributed by atoms with van der Waals surface area (Å²) in [6.45, 7) is 2.81. The number of hydrogen-bond acceptors (Lipinski definition) is 3. The number of hydrogen-bond donors (Lipinski definition) is 0. The van der Waals surface area contributed by atoms with Crippen LogP contribution in [0.4, 0.5) is 4.39 Å². The SMILES string of the molecule is COCCN(CCBr)Cc1cccc(OC)c1F. The molecule has 0 aliphatic heterocycles. The molecular formula is C13H19BrFNO2. The minimum Gasteiger partial charge on any atom is -0.494 e. The van der Waals surface area contributed by atoms with Gasteiger partial charge in [0.15, 0.2) is 11.6 Å². The molecule has 0 amide bonds. The Morgan fingerprint density at radius 3 is 2.67 bits per heavy atom. The zero-order valence-electron chi connectivity index (χ0n) is 10.8. The maximum absolute atomic E-state index is 14.0. The molecule has 0 heterocycles. The van der Waals surface area contributed by atoms with Crippen LogP contribution in [0.1, 0.15) is 5.56 Å². The van der Waals surface area contributed by atoms with Crippen molar-refractivity contribution < 1.29 is 13.9 Å². The van der Waals surface area contributed by atoms with Crippen molar-refractivity contribution in [3.05, 3.63) is 29.6 Å². The lowest BCUT2D eigenvalue weighted by molar-refractivity contribution is 0.147. The molecule has 0 radical (unpaired) electrons. The van der Waals surface area contributed by atoms with E-state index in [9.17, 15) is 4.39 Å². The van der Waals surface area contributed by atoms with Gasteiger partial charge in [0.25, 0.3) is 0 Å². The predicted molar refractivity (Wildman–Crippen MR) is 73.9 cm³/mol. The summed E-state index contributed by atoms with van der Waals surface area (Å²) < 4.78 is 24.0. The second-order valence-electron chi connectivity index (χ2n) is 3.89. The van der Waals surface area contributed by atoms with Crippen LogP contribution in [0.5, 0.6) is 5.75 Å². The molecule has 1 rings (SSSR count). The standard InChI is InChI=1S/C13H19BrFNO2/c1-17-9-8-16(7-6-14)10-11-4-3-5-12(18-2)13(11)15/h3-5H,6-10H2,1-2H3. The lowest BCUT2D eigenvalue weighted by atomic mass is 10.2. The van der Waals surface area contributed by atoms with Gasteiger partial charge >= 0.3 is 0 Å². The Bertz CT molecular complexity index is 363. The smallest absolute Gasteiger partial charge is 0.169 e. The lowest BCUT2D eigenvalue weighted by Crippen LogP contribution is -2.29. The van der Waals surface area contributed by atoms with Gasteiger partial charge in [0.05, 0.1) is 13.7 Å².